The Hall–Kier alpha value is -2.31. The van der Waals surface area contributed by atoms with Crippen LogP contribution in [0.3, 0.4) is 0 Å². The van der Waals surface area contributed by atoms with Crippen LogP contribution in [0, 0.1) is 5.92 Å². The molecular weight excluding hydrogens is 382 g/mol. The van der Waals surface area contributed by atoms with Crippen molar-refractivity contribution in [1.82, 2.24) is 15.5 Å². The molecule has 0 bridgehead atoms. The molecular formula is C20H20ClN3O2S. The standard InChI is InChI=1S/C20H20ClN3O2S/c1-12(2)17(20-23-18(24-26-20)13-7-5-4-6-8-13)22-19(25)15-11-14(27-3)9-10-16(15)21/h4-12,17H,1-3H3,(H,22,25)/t17-/m1/s1. The molecule has 0 fully saturated rings. The average Bonchev–Trinajstić information content (AvgIpc) is 3.16. The van der Waals surface area contributed by atoms with Crippen LogP contribution in [0.5, 0.6) is 0 Å². The molecule has 1 N–H and O–H groups in total. The van der Waals surface area contributed by atoms with Crippen molar-refractivity contribution in [3.05, 3.63) is 65.0 Å². The molecule has 0 spiro atoms. The Bertz CT molecular complexity index is 928. The second kappa shape index (κ2) is 8.59. The summed E-state index contributed by atoms with van der Waals surface area (Å²) in [5, 5.41) is 7.43. The highest BCUT2D eigenvalue weighted by Crippen LogP contribution is 2.26. The van der Waals surface area contributed by atoms with Crippen molar-refractivity contribution in [2.24, 2.45) is 5.92 Å². The normalized spacial score (nSPS) is 12.2. The van der Waals surface area contributed by atoms with Gasteiger partial charge in [0.2, 0.25) is 11.7 Å². The summed E-state index contributed by atoms with van der Waals surface area (Å²) in [4.78, 5) is 18.2. The monoisotopic (exact) mass is 401 g/mol. The van der Waals surface area contributed by atoms with Crippen LogP contribution < -0.4 is 5.32 Å². The van der Waals surface area contributed by atoms with Gasteiger partial charge in [-0.3, -0.25) is 4.79 Å². The predicted octanol–water partition coefficient (Wildman–Crippen LogP) is 5.24. The maximum Gasteiger partial charge on any atom is 0.253 e. The highest BCUT2D eigenvalue weighted by atomic mass is 35.5. The van der Waals surface area contributed by atoms with Gasteiger partial charge in [0.1, 0.15) is 6.04 Å². The summed E-state index contributed by atoms with van der Waals surface area (Å²) in [5.41, 5.74) is 1.29. The minimum absolute atomic E-state index is 0.0560. The van der Waals surface area contributed by atoms with Gasteiger partial charge in [-0.05, 0) is 30.4 Å². The third kappa shape index (κ3) is 4.51. The minimum atomic E-state index is -0.420. The molecule has 7 heteroatoms. The van der Waals surface area contributed by atoms with E-state index in [2.05, 4.69) is 15.5 Å². The first-order valence-corrected chi connectivity index (χ1v) is 10.1. The van der Waals surface area contributed by atoms with Gasteiger partial charge in [-0.25, -0.2) is 0 Å². The number of carbonyl (C=O) groups is 1. The van der Waals surface area contributed by atoms with Crippen molar-refractivity contribution in [3.63, 3.8) is 0 Å². The Morgan fingerprint density at radius 1 is 1.19 bits per heavy atom. The maximum absolute atomic E-state index is 12.8. The highest BCUT2D eigenvalue weighted by Gasteiger charge is 2.26. The molecule has 0 aliphatic rings. The van der Waals surface area contributed by atoms with Crippen LogP contribution in [0.2, 0.25) is 5.02 Å². The number of nitrogens with zero attached hydrogens (tertiary/aromatic N) is 2. The molecule has 0 aliphatic heterocycles. The first kappa shape index (κ1) is 19.5. The lowest BCUT2D eigenvalue weighted by Crippen LogP contribution is -2.32. The second-order valence-corrected chi connectivity index (χ2v) is 7.65. The second-order valence-electron chi connectivity index (χ2n) is 6.36. The van der Waals surface area contributed by atoms with Crippen LogP contribution in [0.25, 0.3) is 11.4 Å². The number of halogens is 1. The van der Waals surface area contributed by atoms with Crippen LogP contribution in [0.1, 0.15) is 36.1 Å². The van der Waals surface area contributed by atoms with Gasteiger partial charge in [0, 0.05) is 10.5 Å². The van der Waals surface area contributed by atoms with Crippen molar-refractivity contribution in [2.45, 2.75) is 24.8 Å². The zero-order chi connectivity index (χ0) is 19.4. The summed E-state index contributed by atoms with van der Waals surface area (Å²) < 4.78 is 5.44. The Morgan fingerprint density at radius 2 is 1.93 bits per heavy atom. The van der Waals surface area contributed by atoms with Crippen LogP contribution >= 0.6 is 23.4 Å². The number of hydrogen-bond acceptors (Lipinski definition) is 5. The molecule has 3 rings (SSSR count). The van der Waals surface area contributed by atoms with Gasteiger partial charge < -0.3 is 9.84 Å². The average molecular weight is 402 g/mol. The van der Waals surface area contributed by atoms with Crippen molar-refractivity contribution < 1.29 is 9.32 Å². The highest BCUT2D eigenvalue weighted by molar-refractivity contribution is 7.98. The van der Waals surface area contributed by atoms with E-state index in [4.69, 9.17) is 16.1 Å². The number of thioether (sulfide) groups is 1. The molecule has 1 amide bonds. The predicted molar refractivity (Wildman–Crippen MR) is 108 cm³/mol. The summed E-state index contributed by atoms with van der Waals surface area (Å²) in [5.74, 6) is 0.650. The van der Waals surface area contributed by atoms with E-state index in [1.807, 2.05) is 56.5 Å². The van der Waals surface area contributed by atoms with Gasteiger partial charge in [0.05, 0.1) is 10.6 Å². The number of aromatic nitrogens is 2. The van der Waals surface area contributed by atoms with Crippen LogP contribution in [-0.4, -0.2) is 22.3 Å². The number of benzene rings is 2. The number of nitrogens with one attached hydrogen (secondary N) is 1. The first-order chi connectivity index (χ1) is 13.0. The zero-order valence-corrected chi connectivity index (χ0v) is 16.8. The molecule has 27 heavy (non-hydrogen) atoms. The van der Waals surface area contributed by atoms with Crippen molar-refractivity contribution >= 4 is 29.3 Å². The first-order valence-electron chi connectivity index (χ1n) is 8.53. The Labute approximate surface area is 167 Å². The number of hydrogen-bond donors (Lipinski definition) is 1. The Balaban J connectivity index is 1.85. The molecule has 3 aromatic rings. The fraction of sp³-hybridized carbons (Fsp3) is 0.250. The number of carbonyl (C=O) groups excluding carboxylic acids is 1. The van der Waals surface area contributed by atoms with E-state index in [0.717, 1.165) is 10.5 Å². The molecule has 0 radical (unpaired) electrons. The SMILES string of the molecule is CSc1ccc(Cl)c(C(=O)N[C@@H](c2nc(-c3ccccc3)no2)C(C)C)c1. The topological polar surface area (TPSA) is 68.0 Å². The smallest absolute Gasteiger partial charge is 0.253 e. The molecule has 1 heterocycles. The molecule has 0 unspecified atom stereocenters. The summed E-state index contributed by atoms with van der Waals surface area (Å²) in [6.07, 6.45) is 1.95. The largest absolute Gasteiger partial charge is 0.340 e. The van der Waals surface area contributed by atoms with E-state index in [1.54, 1.807) is 23.9 Å². The molecule has 0 saturated carbocycles. The quantitative estimate of drug-likeness (QED) is 0.572. The molecule has 0 saturated heterocycles. The number of rotatable bonds is 6. The molecule has 1 aromatic heterocycles. The van der Waals surface area contributed by atoms with E-state index < -0.39 is 6.04 Å². The summed E-state index contributed by atoms with van der Waals surface area (Å²) >= 11 is 7.77. The molecule has 5 nitrogen and oxygen atoms in total. The zero-order valence-electron chi connectivity index (χ0n) is 15.3. The molecule has 1 atom stereocenters. The fourth-order valence-electron chi connectivity index (χ4n) is 2.60. The molecule has 2 aromatic carbocycles. The fourth-order valence-corrected chi connectivity index (χ4v) is 3.25. The van der Waals surface area contributed by atoms with Gasteiger partial charge >= 0.3 is 0 Å². The van der Waals surface area contributed by atoms with E-state index >= 15 is 0 Å². The molecule has 140 valence electrons. The third-order valence-electron chi connectivity index (χ3n) is 4.11. The number of amides is 1. The van der Waals surface area contributed by atoms with E-state index in [0.29, 0.717) is 22.3 Å². The summed E-state index contributed by atoms with van der Waals surface area (Å²) in [7, 11) is 0. The third-order valence-corrected chi connectivity index (χ3v) is 5.17. The lowest BCUT2D eigenvalue weighted by Gasteiger charge is -2.19. The van der Waals surface area contributed by atoms with Gasteiger partial charge in [-0.2, -0.15) is 4.98 Å². The van der Waals surface area contributed by atoms with Crippen molar-refractivity contribution in [3.8, 4) is 11.4 Å². The van der Waals surface area contributed by atoms with Crippen LogP contribution in [0.4, 0.5) is 0 Å². The minimum Gasteiger partial charge on any atom is -0.340 e. The maximum atomic E-state index is 12.8. The van der Waals surface area contributed by atoms with Gasteiger partial charge in [0.25, 0.3) is 5.91 Å². The van der Waals surface area contributed by atoms with Crippen molar-refractivity contribution in [2.75, 3.05) is 6.26 Å². The lowest BCUT2D eigenvalue weighted by molar-refractivity contribution is 0.0914. The van der Waals surface area contributed by atoms with Crippen LogP contribution in [-0.2, 0) is 0 Å². The van der Waals surface area contributed by atoms with Crippen LogP contribution in [0.15, 0.2) is 57.9 Å². The Kier molecular flexibility index (Phi) is 6.19. The van der Waals surface area contributed by atoms with E-state index in [9.17, 15) is 4.79 Å². The van der Waals surface area contributed by atoms with Gasteiger partial charge in [-0.1, -0.05) is 60.9 Å². The Morgan fingerprint density at radius 3 is 2.59 bits per heavy atom. The van der Waals surface area contributed by atoms with Gasteiger partial charge in [0.15, 0.2) is 0 Å². The lowest BCUT2D eigenvalue weighted by atomic mass is 10.0. The summed E-state index contributed by atoms with van der Waals surface area (Å²) in [6, 6.07) is 14.5. The van der Waals surface area contributed by atoms with Crippen molar-refractivity contribution in [1.29, 1.82) is 0 Å². The van der Waals surface area contributed by atoms with E-state index in [-0.39, 0.29) is 11.8 Å². The summed E-state index contributed by atoms with van der Waals surface area (Å²) in [6.45, 7) is 3.97. The molecule has 0 aliphatic carbocycles. The van der Waals surface area contributed by atoms with E-state index in [1.165, 1.54) is 0 Å². The van der Waals surface area contributed by atoms with Gasteiger partial charge in [-0.15, -0.1) is 11.8 Å².